The van der Waals surface area contributed by atoms with Crippen LogP contribution in [-0.4, -0.2) is 23.3 Å². The highest BCUT2D eigenvalue weighted by molar-refractivity contribution is 6.44. The second-order valence-corrected chi connectivity index (χ2v) is 8.72. The van der Waals surface area contributed by atoms with Crippen LogP contribution < -0.4 is 10.2 Å². The number of aromatic nitrogens is 1. The number of hydrogen-bond acceptors (Lipinski definition) is 3. The number of nitrogens with one attached hydrogen (secondary N) is 1. The first kappa shape index (κ1) is 23.2. The molecule has 0 aliphatic heterocycles. The van der Waals surface area contributed by atoms with Crippen LogP contribution in [-0.2, 0) is 11.3 Å². The minimum atomic E-state index is -0.443. The van der Waals surface area contributed by atoms with Gasteiger partial charge in [-0.05, 0) is 24.6 Å². The number of amides is 1. The van der Waals surface area contributed by atoms with Crippen LogP contribution in [0.3, 0.4) is 0 Å². The summed E-state index contributed by atoms with van der Waals surface area (Å²) in [6.07, 6.45) is 3.64. The maximum absolute atomic E-state index is 12.2. The van der Waals surface area contributed by atoms with Crippen molar-refractivity contribution in [3.8, 4) is 5.75 Å². The lowest BCUT2D eigenvalue weighted by molar-refractivity contribution is -0.123. The van der Waals surface area contributed by atoms with Gasteiger partial charge in [0.1, 0.15) is 10.8 Å². The summed E-state index contributed by atoms with van der Waals surface area (Å²) >= 11 is 18.0. The van der Waals surface area contributed by atoms with Gasteiger partial charge in [0, 0.05) is 40.3 Å². The van der Waals surface area contributed by atoms with Crippen LogP contribution in [0.2, 0.25) is 15.1 Å². The SMILES string of the molecule is Cc1cccc(Cn2cc(/C=N\NC(=O)COc3cc(Cl)cc(Cl)c3Cl)c3ccccc32)c1. The number of aryl methyl sites for hydroxylation is 1. The van der Waals surface area contributed by atoms with E-state index in [0.29, 0.717) is 5.02 Å². The van der Waals surface area contributed by atoms with Crippen LogP contribution in [0.25, 0.3) is 10.9 Å². The van der Waals surface area contributed by atoms with Gasteiger partial charge in [0.15, 0.2) is 6.61 Å². The Morgan fingerprint density at radius 1 is 1.09 bits per heavy atom. The van der Waals surface area contributed by atoms with Crippen LogP contribution in [0.1, 0.15) is 16.7 Å². The predicted molar refractivity (Wildman–Crippen MR) is 135 cm³/mol. The fraction of sp³-hybridized carbons (Fsp3) is 0.120. The molecular weight excluding hydrogens is 481 g/mol. The molecule has 4 rings (SSSR count). The predicted octanol–water partition coefficient (Wildman–Crippen LogP) is 6.49. The lowest BCUT2D eigenvalue weighted by Crippen LogP contribution is -2.24. The Balaban J connectivity index is 1.44. The summed E-state index contributed by atoms with van der Waals surface area (Å²) in [7, 11) is 0. The largest absolute Gasteiger partial charge is 0.482 e. The maximum atomic E-state index is 12.2. The van der Waals surface area contributed by atoms with Crippen molar-refractivity contribution in [3.05, 3.63) is 98.6 Å². The molecule has 3 aromatic carbocycles. The number of fused-ring (bicyclic) bond motifs is 1. The molecule has 5 nitrogen and oxygen atoms in total. The Kier molecular flexibility index (Phi) is 7.23. The fourth-order valence-corrected chi connectivity index (χ4v) is 4.14. The number of hydrogen-bond donors (Lipinski definition) is 1. The van der Waals surface area contributed by atoms with Crippen LogP contribution >= 0.6 is 34.8 Å². The van der Waals surface area contributed by atoms with Gasteiger partial charge in [-0.1, -0.05) is 82.8 Å². The van der Waals surface area contributed by atoms with Crippen molar-refractivity contribution >= 4 is 57.8 Å². The highest BCUT2D eigenvalue weighted by Gasteiger charge is 2.11. The molecule has 8 heteroatoms. The Morgan fingerprint density at radius 3 is 2.73 bits per heavy atom. The number of hydrazone groups is 1. The van der Waals surface area contributed by atoms with Gasteiger partial charge in [0.05, 0.1) is 11.2 Å². The van der Waals surface area contributed by atoms with Crippen LogP contribution in [0.5, 0.6) is 5.75 Å². The van der Waals surface area contributed by atoms with E-state index >= 15 is 0 Å². The van der Waals surface area contributed by atoms with Gasteiger partial charge in [-0.2, -0.15) is 5.10 Å². The lowest BCUT2D eigenvalue weighted by atomic mass is 10.1. The molecule has 4 aromatic rings. The summed E-state index contributed by atoms with van der Waals surface area (Å²) in [5, 5.41) is 5.94. The number of rotatable bonds is 7. The van der Waals surface area contributed by atoms with Gasteiger partial charge in [-0.3, -0.25) is 4.79 Å². The smallest absolute Gasteiger partial charge is 0.277 e. The standard InChI is InChI=1S/C25H20Cl3N3O2/c1-16-5-4-6-17(9-16)13-31-14-18(20-7-2-3-8-22(20)31)12-29-30-24(32)15-33-23-11-19(26)10-21(27)25(23)28/h2-12,14H,13,15H2,1H3,(H,30,32)/b29-12-. The minimum Gasteiger partial charge on any atom is -0.482 e. The minimum absolute atomic E-state index is 0.193. The van der Waals surface area contributed by atoms with Crippen molar-refractivity contribution < 1.29 is 9.53 Å². The zero-order chi connectivity index (χ0) is 23.4. The zero-order valence-corrected chi connectivity index (χ0v) is 20.0. The topological polar surface area (TPSA) is 55.6 Å². The van der Waals surface area contributed by atoms with Crippen molar-refractivity contribution in [2.75, 3.05) is 6.61 Å². The molecule has 0 saturated carbocycles. The molecule has 1 N–H and O–H groups in total. The van der Waals surface area contributed by atoms with E-state index in [1.54, 1.807) is 6.21 Å². The summed E-state index contributed by atoms with van der Waals surface area (Å²) in [6.45, 7) is 2.53. The molecule has 0 aliphatic rings. The quantitative estimate of drug-likeness (QED) is 0.179. The normalized spacial score (nSPS) is 11.3. The van der Waals surface area contributed by atoms with Crippen molar-refractivity contribution in [3.63, 3.8) is 0 Å². The molecule has 0 unspecified atom stereocenters. The molecule has 1 aromatic heterocycles. The van der Waals surface area contributed by atoms with Crippen molar-refractivity contribution in [2.24, 2.45) is 5.10 Å². The molecule has 0 bridgehead atoms. The maximum Gasteiger partial charge on any atom is 0.277 e. The van der Waals surface area contributed by atoms with Gasteiger partial charge in [-0.25, -0.2) is 5.43 Å². The molecule has 0 fully saturated rings. The van der Waals surface area contributed by atoms with Gasteiger partial charge in [0.25, 0.3) is 5.91 Å². The summed E-state index contributed by atoms with van der Waals surface area (Å²) < 4.78 is 7.59. The van der Waals surface area contributed by atoms with E-state index in [4.69, 9.17) is 39.5 Å². The Hall–Kier alpha value is -2.99. The summed E-state index contributed by atoms with van der Waals surface area (Å²) in [6, 6.07) is 19.5. The molecule has 1 heterocycles. The van der Waals surface area contributed by atoms with E-state index in [2.05, 4.69) is 52.3 Å². The third kappa shape index (κ3) is 5.69. The molecule has 0 radical (unpaired) electrons. The molecular formula is C25H20Cl3N3O2. The highest BCUT2D eigenvalue weighted by Crippen LogP contribution is 2.35. The molecule has 0 aliphatic carbocycles. The number of carbonyl (C=O) groups excluding carboxylic acids is 1. The van der Waals surface area contributed by atoms with E-state index in [-0.39, 0.29) is 22.4 Å². The zero-order valence-electron chi connectivity index (χ0n) is 17.7. The van der Waals surface area contributed by atoms with Gasteiger partial charge in [0.2, 0.25) is 0 Å². The molecule has 0 spiro atoms. The van der Waals surface area contributed by atoms with Gasteiger partial charge < -0.3 is 9.30 Å². The summed E-state index contributed by atoms with van der Waals surface area (Å²) in [5.41, 5.74) is 6.88. The summed E-state index contributed by atoms with van der Waals surface area (Å²) in [4.78, 5) is 12.2. The van der Waals surface area contributed by atoms with E-state index < -0.39 is 5.91 Å². The molecule has 0 atom stereocenters. The number of para-hydroxylation sites is 1. The monoisotopic (exact) mass is 499 g/mol. The first-order valence-corrected chi connectivity index (χ1v) is 11.3. The fourth-order valence-electron chi connectivity index (χ4n) is 3.50. The van der Waals surface area contributed by atoms with Crippen molar-refractivity contribution in [2.45, 2.75) is 13.5 Å². The van der Waals surface area contributed by atoms with Crippen molar-refractivity contribution in [1.29, 1.82) is 0 Å². The summed E-state index contributed by atoms with van der Waals surface area (Å²) in [5.74, 6) is -0.213. The third-order valence-corrected chi connectivity index (χ3v) is 5.97. The van der Waals surface area contributed by atoms with Crippen LogP contribution in [0.4, 0.5) is 0 Å². The molecule has 0 saturated heterocycles. The second kappa shape index (κ2) is 10.3. The number of carbonyl (C=O) groups is 1. The number of benzene rings is 3. The number of ether oxygens (including phenoxy) is 1. The lowest BCUT2D eigenvalue weighted by Gasteiger charge is -2.08. The Bertz CT molecular complexity index is 1350. The second-order valence-electron chi connectivity index (χ2n) is 7.50. The Labute approximate surface area is 206 Å². The Morgan fingerprint density at radius 2 is 1.91 bits per heavy atom. The van der Waals surface area contributed by atoms with Crippen LogP contribution in [0, 0.1) is 6.92 Å². The van der Waals surface area contributed by atoms with Gasteiger partial charge in [-0.15, -0.1) is 0 Å². The average molecular weight is 501 g/mol. The first-order chi connectivity index (χ1) is 15.9. The molecule has 168 valence electrons. The van der Waals surface area contributed by atoms with Gasteiger partial charge >= 0.3 is 0 Å². The molecule has 33 heavy (non-hydrogen) atoms. The average Bonchev–Trinajstić information content (AvgIpc) is 3.13. The highest BCUT2D eigenvalue weighted by atomic mass is 35.5. The van der Waals surface area contributed by atoms with Crippen molar-refractivity contribution in [1.82, 2.24) is 9.99 Å². The van der Waals surface area contributed by atoms with E-state index in [1.165, 1.54) is 23.3 Å². The van der Waals surface area contributed by atoms with E-state index in [1.807, 2.05) is 24.4 Å². The van der Waals surface area contributed by atoms with Crippen LogP contribution in [0.15, 0.2) is 72.0 Å². The van der Waals surface area contributed by atoms with E-state index in [0.717, 1.165) is 23.0 Å². The van der Waals surface area contributed by atoms with E-state index in [9.17, 15) is 4.79 Å². The molecule has 1 amide bonds. The third-order valence-electron chi connectivity index (χ3n) is 4.97. The first-order valence-electron chi connectivity index (χ1n) is 10.1. The number of halogens is 3. The number of nitrogens with zero attached hydrogens (tertiary/aromatic N) is 2.